The van der Waals surface area contributed by atoms with E-state index in [1.54, 1.807) is 29.2 Å². The number of benzene rings is 1. The summed E-state index contributed by atoms with van der Waals surface area (Å²) in [6.07, 6.45) is 3.44. The van der Waals surface area contributed by atoms with Gasteiger partial charge in [0.2, 0.25) is 11.8 Å². The summed E-state index contributed by atoms with van der Waals surface area (Å²) in [4.78, 5) is 41.5. The highest BCUT2D eigenvalue weighted by atomic mass is 35.5. The van der Waals surface area contributed by atoms with Crippen molar-refractivity contribution >= 4 is 29.3 Å². The molecule has 0 spiro atoms. The van der Waals surface area contributed by atoms with E-state index in [-0.39, 0.29) is 17.9 Å². The van der Waals surface area contributed by atoms with Crippen molar-refractivity contribution in [2.24, 2.45) is 5.41 Å². The Morgan fingerprint density at radius 2 is 1.97 bits per heavy atom. The SMILES string of the molecule is CCCCO[C@@H]1OCC[C@@H]1NC(=O)[C@@H]1CCCN1C(=O)[C@@H](NC(=O)c1ccccc1Cl)C(C)(C)C. The first kappa shape index (κ1) is 27.4. The number of nitrogens with zero attached hydrogens (tertiary/aromatic N) is 1. The summed E-state index contributed by atoms with van der Waals surface area (Å²) in [7, 11) is 0. The second-order valence-corrected chi connectivity index (χ2v) is 10.7. The van der Waals surface area contributed by atoms with Crippen molar-refractivity contribution in [3.63, 3.8) is 0 Å². The number of hydrogen-bond donors (Lipinski definition) is 2. The van der Waals surface area contributed by atoms with Crippen molar-refractivity contribution in [2.45, 2.75) is 84.2 Å². The average Bonchev–Trinajstić information content (AvgIpc) is 3.46. The number of ether oxygens (including phenoxy) is 2. The van der Waals surface area contributed by atoms with Crippen molar-refractivity contribution in [3.05, 3.63) is 34.9 Å². The molecule has 2 N–H and O–H groups in total. The van der Waals surface area contributed by atoms with Crippen molar-refractivity contribution in [2.75, 3.05) is 19.8 Å². The van der Waals surface area contributed by atoms with E-state index >= 15 is 0 Å². The number of carbonyl (C=O) groups excluding carboxylic acids is 3. The molecule has 0 radical (unpaired) electrons. The molecule has 2 heterocycles. The molecule has 1 aromatic carbocycles. The van der Waals surface area contributed by atoms with Crippen molar-refractivity contribution in [1.29, 1.82) is 0 Å². The molecule has 2 fully saturated rings. The van der Waals surface area contributed by atoms with Gasteiger partial charge in [-0.25, -0.2) is 0 Å². The molecule has 2 aliphatic rings. The smallest absolute Gasteiger partial charge is 0.253 e. The number of halogens is 1. The number of unbranched alkanes of at least 4 members (excludes halogenated alkanes) is 1. The summed E-state index contributed by atoms with van der Waals surface area (Å²) >= 11 is 6.19. The van der Waals surface area contributed by atoms with Gasteiger partial charge in [0.1, 0.15) is 12.1 Å². The van der Waals surface area contributed by atoms with Gasteiger partial charge in [0, 0.05) is 13.2 Å². The Hall–Kier alpha value is -2.16. The third-order valence-electron chi connectivity index (χ3n) is 6.49. The average molecular weight is 508 g/mol. The van der Waals surface area contributed by atoms with E-state index < -0.39 is 29.7 Å². The molecule has 9 heteroatoms. The van der Waals surface area contributed by atoms with Crippen LogP contribution in [0.4, 0.5) is 0 Å². The molecule has 0 bridgehead atoms. The monoisotopic (exact) mass is 507 g/mol. The quantitative estimate of drug-likeness (QED) is 0.498. The maximum atomic E-state index is 13.7. The molecule has 2 aliphatic heterocycles. The number of amides is 3. The minimum absolute atomic E-state index is 0.208. The molecule has 3 amide bonds. The molecular weight excluding hydrogens is 470 g/mol. The van der Waals surface area contributed by atoms with E-state index in [1.807, 2.05) is 20.8 Å². The Morgan fingerprint density at radius 3 is 2.66 bits per heavy atom. The molecule has 2 saturated heterocycles. The summed E-state index contributed by atoms with van der Waals surface area (Å²) in [6.45, 7) is 9.33. The fourth-order valence-corrected chi connectivity index (χ4v) is 4.68. The lowest BCUT2D eigenvalue weighted by Gasteiger charge is -2.35. The molecule has 0 aromatic heterocycles. The van der Waals surface area contributed by atoms with Crippen LogP contribution < -0.4 is 10.6 Å². The van der Waals surface area contributed by atoms with E-state index in [4.69, 9.17) is 21.1 Å². The lowest BCUT2D eigenvalue weighted by atomic mass is 9.85. The maximum absolute atomic E-state index is 13.7. The van der Waals surface area contributed by atoms with Crippen LogP contribution in [-0.2, 0) is 19.1 Å². The van der Waals surface area contributed by atoms with E-state index in [1.165, 1.54) is 0 Å². The van der Waals surface area contributed by atoms with Crippen LogP contribution in [0.2, 0.25) is 5.02 Å². The normalized spacial score (nSPS) is 23.2. The molecule has 0 saturated carbocycles. The first-order valence-electron chi connectivity index (χ1n) is 12.5. The molecule has 0 aliphatic carbocycles. The van der Waals surface area contributed by atoms with Crippen LogP contribution in [0, 0.1) is 5.41 Å². The first-order chi connectivity index (χ1) is 16.6. The third kappa shape index (κ3) is 6.96. The molecule has 194 valence electrons. The summed E-state index contributed by atoms with van der Waals surface area (Å²) in [5.41, 5.74) is -0.267. The fraction of sp³-hybridized carbons (Fsp3) is 0.654. The van der Waals surface area contributed by atoms with Gasteiger partial charge in [-0.15, -0.1) is 0 Å². The molecule has 3 rings (SSSR count). The topological polar surface area (TPSA) is 97.0 Å². The summed E-state index contributed by atoms with van der Waals surface area (Å²) < 4.78 is 11.4. The lowest BCUT2D eigenvalue weighted by Crippen LogP contribution is -2.58. The second kappa shape index (κ2) is 12.2. The number of nitrogens with one attached hydrogen (secondary N) is 2. The van der Waals surface area contributed by atoms with Crippen molar-refractivity contribution in [1.82, 2.24) is 15.5 Å². The van der Waals surface area contributed by atoms with Crippen molar-refractivity contribution in [3.8, 4) is 0 Å². The summed E-state index contributed by atoms with van der Waals surface area (Å²) in [5, 5.41) is 6.24. The highest BCUT2D eigenvalue weighted by Gasteiger charge is 2.43. The van der Waals surface area contributed by atoms with Crippen molar-refractivity contribution < 1.29 is 23.9 Å². The second-order valence-electron chi connectivity index (χ2n) is 10.3. The summed E-state index contributed by atoms with van der Waals surface area (Å²) in [6, 6.07) is 5.07. The van der Waals surface area contributed by atoms with Gasteiger partial charge in [-0.1, -0.05) is 57.8 Å². The highest BCUT2D eigenvalue weighted by Crippen LogP contribution is 2.27. The zero-order valence-corrected chi connectivity index (χ0v) is 21.9. The van der Waals surface area contributed by atoms with E-state index in [0.717, 1.165) is 19.3 Å². The minimum Gasteiger partial charge on any atom is -0.351 e. The van der Waals surface area contributed by atoms with Crippen LogP contribution in [0.3, 0.4) is 0 Å². The number of carbonyl (C=O) groups is 3. The third-order valence-corrected chi connectivity index (χ3v) is 6.82. The predicted molar refractivity (Wildman–Crippen MR) is 134 cm³/mol. The van der Waals surface area contributed by atoms with Crippen LogP contribution in [0.1, 0.15) is 70.2 Å². The summed E-state index contributed by atoms with van der Waals surface area (Å²) in [5.74, 6) is -0.895. The van der Waals surface area contributed by atoms with Crippen LogP contribution in [-0.4, -0.2) is 66.8 Å². The Bertz CT molecular complexity index is 903. The lowest BCUT2D eigenvalue weighted by molar-refractivity contribution is -0.145. The van der Waals surface area contributed by atoms with Gasteiger partial charge in [-0.05, 0) is 43.2 Å². The van der Waals surface area contributed by atoms with Gasteiger partial charge in [-0.3, -0.25) is 14.4 Å². The molecule has 1 aromatic rings. The number of hydrogen-bond acceptors (Lipinski definition) is 5. The van der Waals surface area contributed by atoms with E-state index in [0.29, 0.717) is 43.2 Å². The standard InChI is InChI=1S/C26H38ClN3O5/c1-5-6-15-34-25-19(13-16-35-25)28-23(32)20-12-9-14-30(20)24(33)21(26(2,3)4)29-22(31)17-10-7-8-11-18(17)27/h7-8,10-11,19-21,25H,5-6,9,12-16H2,1-4H3,(H,28,32)(H,29,31)/t19-,20-,21+,25+/m0/s1. The Labute approximate surface area is 213 Å². The van der Waals surface area contributed by atoms with Crippen LogP contribution in [0.15, 0.2) is 24.3 Å². The number of likely N-dealkylation sites (tertiary alicyclic amines) is 1. The minimum atomic E-state index is -0.820. The van der Waals surface area contributed by atoms with Crippen LogP contribution >= 0.6 is 11.6 Å². The largest absolute Gasteiger partial charge is 0.351 e. The van der Waals surface area contributed by atoms with Gasteiger partial charge in [-0.2, -0.15) is 0 Å². The zero-order chi connectivity index (χ0) is 25.6. The maximum Gasteiger partial charge on any atom is 0.253 e. The Morgan fingerprint density at radius 1 is 1.23 bits per heavy atom. The van der Waals surface area contributed by atoms with Gasteiger partial charge in [0.15, 0.2) is 6.29 Å². The first-order valence-corrected chi connectivity index (χ1v) is 12.9. The Kier molecular flexibility index (Phi) is 9.55. The van der Waals surface area contributed by atoms with Gasteiger partial charge < -0.3 is 25.0 Å². The molecule has 4 atom stereocenters. The van der Waals surface area contributed by atoms with Crippen LogP contribution in [0.25, 0.3) is 0 Å². The van der Waals surface area contributed by atoms with Gasteiger partial charge >= 0.3 is 0 Å². The number of rotatable bonds is 9. The zero-order valence-electron chi connectivity index (χ0n) is 21.1. The van der Waals surface area contributed by atoms with Gasteiger partial charge in [0.05, 0.1) is 23.2 Å². The Balaban J connectivity index is 1.69. The van der Waals surface area contributed by atoms with E-state index in [9.17, 15) is 14.4 Å². The molecule has 0 unspecified atom stereocenters. The van der Waals surface area contributed by atoms with E-state index in [2.05, 4.69) is 17.6 Å². The predicted octanol–water partition coefficient (Wildman–Crippen LogP) is 3.52. The highest BCUT2D eigenvalue weighted by molar-refractivity contribution is 6.33. The molecule has 35 heavy (non-hydrogen) atoms. The van der Waals surface area contributed by atoms with Crippen LogP contribution in [0.5, 0.6) is 0 Å². The molecular formula is C26H38ClN3O5. The molecule has 8 nitrogen and oxygen atoms in total. The fourth-order valence-electron chi connectivity index (χ4n) is 4.46. The van der Waals surface area contributed by atoms with Gasteiger partial charge in [0.25, 0.3) is 5.91 Å².